The van der Waals surface area contributed by atoms with Crippen LogP contribution < -0.4 is 14.8 Å². The highest BCUT2D eigenvalue weighted by Crippen LogP contribution is 2.27. The number of hydrogen-bond donors (Lipinski definition) is 1. The van der Waals surface area contributed by atoms with Crippen molar-refractivity contribution in [3.63, 3.8) is 0 Å². The Morgan fingerprint density at radius 3 is 2.18 bits per heavy atom. The molecule has 2 aromatic rings. The summed E-state index contributed by atoms with van der Waals surface area (Å²) in [5, 5.41) is 10.5. The van der Waals surface area contributed by atoms with Crippen molar-refractivity contribution in [3.8, 4) is 11.5 Å². The zero-order valence-corrected chi connectivity index (χ0v) is 9.85. The Balaban J connectivity index is 2.25. The molecular formula is C11H13N3O3. The zero-order valence-electron chi connectivity index (χ0n) is 9.85. The predicted molar refractivity (Wildman–Crippen MR) is 61.9 cm³/mol. The van der Waals surface area contributed by atoms with Gasteiger partial charge in [-0.3, -0.25) is 0 Å². The van der Waals surface area contributed by atoms with Gasteiger partial charge >= 0.3 is 6.01 Å². The van der Waals surface area contributed by atoms with E-state index in [1.54, 1.807) is 27.2 Å². The Hall–Kier alpha value is -2.24. The molecule has 6 nitrogen and oxygen atoms in total. The van der Waals surface area contributed by atoms with Crippen LogP contribution in [-0.2, 0) is 0 Å². The molecule has 6 heteroatoms. The molecule has 0 amide bonds. The van der Waals surface area contributed by atoms with Crippen LogP contribution in [0.4, 0.5) is 11.7 Å². The van der Waals surface area contributed by atoms with E-state index in [0.29, 0.717) is 23.4 Å². The van der Waals surface area contributed by atoms with Crippen LogP contribution in [0.3, 0.4) is 0 Å². The van der Waals surface area contributed by atoms with Crippen molar-refractivity contribution in [2.75, 3.05) is 19.5 Å². The van der Waals surface area contributed by atoms with Gasteiger partial charge in [0.2, 0.25) is 5.89 Å². The van der Waals surface area contributed by atoms with Gasteiger partial charge in [0.15, 0.2) is 0 Å². The van der Waals surface area contributed by atoms with Crippen molar-refractivity contribution in [1.29, 1.82) is 0 Å². The minimum absolute atomic E-state index is 0.331. The Bertz CT molecular complexity index is 488. The minimum Gasteiger partial charge on any atom is -0.497 e. The summed E-state index contributed by atoms with van der Waals surface area (Å²) < 4.78 is 15.5. The molecule has 0 aliphatic carbocycles. The average molecular weight is 235 g/mol. The van der Waals surface area contributed by atoms with Crippen LogP contribution in [0.2, 0.25) is 0 Å². The Labute approximate surface area is 98.6 Å². The van der Waals surface area contributed by atoms with Gasteiger partial charge in [-0.1, -0.05) is 5.10 Å². The van der Waals surface area contributed by atoms with Gasteiger partial charge < -0.3 is 19.2 Å². The monoisotopic (exact) mass is 235 g/mol. The molecule has 0 radical (unpaired) electrons. The van der Waals surface area contributed by atoms with Gasteiger partial charge in [-0.25, -0.2) is 0 Å². The molecule has 0 aliphatic heterocycles. The lowest BCUT2D eigenvalue weighted by Gasteiger charge is -2.07. The van der Waals surface area contributed by atoms with Crippen LogP contribution in [0, 0.1) is 6.92 Å². The molecule has 0 atom stereocenters. The topological polar surface area (TPSA) is 69.4 Å². The van der Waals surface area contributed by atoms with Crippen molar-refractivity contribution in [2.24, 2.45) is 0 Å². The maximum atomic E-state index is 5.22. The van der Waals surface area contributed by atoms with Crippen LogP contribution in [0.5, 0.6) is 11.5 Å². The fraction of sp³-hybridized carbons (Fsp3) is 0.273. The van der Waals surface area contributed by atoms with Gasteiger partial charge in [0, 0.05) is 30.8 Å². The molecule has 90 valence electrons. The van der Waals surface area contributed by atoms with Crippen molar-refractivity contribution in [1.82, 2.24) is 10.2 Å². The van der Waals surface area contributed by atoms with E-state index in [-0.39, 0.29) is 0 Å². The first-order valence-electron chi connectivity index (χ1n) is 5.01. The van der Waals surface area contributed by atoms with E-state index >= 15 is 0 Å². The van der Waals surface area contributed by atoms with E-state index in [9.17, 15) is 0 Å². The second-order valence-electron chi connectivity index (χ2n) is 3.35. The number of hydrogen-bond acceptors (Lipinski definition) is 6. The fourth-order valence-electron chi connectivity index (χ4n) is 1.35. The molecule has 0 bridgehead atoms. The molecule has 0 spiro atoms. The molecule has 0 saturated heterocycles. The molecule has 17 heavy (non-hydrogen) atoms. The Morgan fingerprint density at radius 2 is 1.71 bits per heavy atom. The summed E-state index contributed by atoms with van der Waals surface area (Å²) in [4.78, 5) is 0. The van der Waals surface area contributed by atoms with Gasteiger partial charge in [-0.05, 0) is 0 Å². The number of ether oxygens (including phenoxy) is 2. The summed E-state index contributed by atoms with van der Waals surface area (Å²) in [7, 11) is 3.19. The van der Waals surface area contributed by atoms with Gasteiger partial charge in [0.1, 0.15) is 11.5 Å². The molecule has 1 aromatic heterocycles. The van der Waals surface area contributed by atoms with E-state index in [4.69, 9.17) is 13.9 Å². The van der Waals surface area contributed by atoms with Gasteiger partial charge in [0.05, 0.1) is 14.2 Å². The predicted octanol–water partition coefficient (Wildman–Crippen LogP) is 2.14. The second kappa shape index (κ2) is 4.73. The molecule has 0 aliphatic rings. The number of aryl methyl sites for hydroxylation is 1. The normalized spacial score (nSPS) is 10.1. The van der Waals surface area contributed by atoms with Crippen molar-refractivity contribution >= 4 is 11.7 Å². The number of benzene rings is 1. The SMILES string of the molecule is COc1cc(Nc2nnc(C)o2)cc(OC)c1. The van der Waals surface area contributed by atoms with E-state index in [0.717, 1.165) is 5.69 Å². The van der Waals surface area contributed by atoms with Crippen molar-refractivity contribution in [3.05, 3.63) is 24.1 Å². The van der Waals surface area contributed by atoms with Crippen LogP contribution in [0.1, 0.15) is 5.89 Å². The average Bonchev–Trinajstić information content (AvgIpc) is 2.74. The molecule has 1 heterocycles. The highest BCUT2D eigenvalue weighted by molar-refractivity contribution is 5.58. The molecule has 0 fully saturated rings. The second-order valence-corrected chi connectivity index (χ2v) is 3.35. The number of aromatic nitrogens is 2. The summed E-state index contributed by atoms with van der Waals surface area (Å²) >= 11 is 0. The molecule has 0 saturated carbocycles. The maximum Gasteiger partial charge on any atom is 0.320 e. The van der Waals surface area contributed by atoms with Gasteiger partial charge in [0.25, 0.3) is 0 Å². The number of nitrogens with zero attached hydrogens (tertiary/aromatic N) is 2. The van der Waals surface area contributed by atoms with Gasteiger partial charge in [-0.2, -0.15) is 0 Å². The first kappa shape index (κ1) is 11.3. The standard InChI is InChI=1S/C11H13N3O3/c1-7-13-14-11(17-7)12-8-4-9(15-2)6-10(5-8)16-3/h4-6H,1-3H3,(H,12,14). The maximum absolute atomic E-state index is 5.22. The summed E-state index contributed by atoms with van der Waals surface area (Å²) in [6, 6.07) is 5.73. The third kappa shape index (κ3) is 2.66. The van der Waals surface area contributed by atoms with E-state index < -0.39 is 0 Å². The van der Waals surface area contributed by atoms with E-state index in [1.807, 2.05) is 12.1 Å². The number of anilines is 2. The Kier molecular flexibility index (Phi) is 3.13. The first-order chi connectivity index (χ1) is 8.21. The number of nitrogens with one attached hydrogen (secondary N) is 1. The summed E-state index contributed by atoms with van der Waals surface area (Å²) in [5.74, 6) is 1.87. The molecular weight excluding hydrogens is 222 g/mol. The van der Waals surface area contributed by atoms with Crippen LogP contribution >= 0.6 is 0 Å². The van der Waals surface area contributed by atoms with Crippen LogP contribution in [0.25, 0.3) is 0 Å². The van der Waals surface area contributed by atoms with Crippen molar-refractivity contribution < 1.29 is 13.9 Å². The third-order valence-corrected chi connectivity index (χ3v) is 2.13. The zero-order chi connectivity index (χ0) is 12.3. The van der Waals surface area contributed by atoms with Crippen LogP contribution in [0.15, 0.2) is 22.6 Å². The number of rotatable bonds is 4. The van der Waals surface area contributed by atoms with Gasteiger partial charge in [-0.15, -0.1) is 5.10 Å². The fourth-order valence-corrected chi connectivity index (χ4v) is 1.35. The van der Waals surface area contributed by atoms with E-state index in [1.165, 1.54) is 0 Å². The molecule has 1 aromatic carbocycles. The van der Waals surface area contributed by atoms with Crippen LogP contribution in [-0.4, -0.2) is 24.4 Å². The Morgan fingerprint density at radius 1 is 1.06 bits per heavy atom. The lowest BCUT2D eigenvalue weighted by atomic mass is 10.3. The largest absolute Gasteiger partial charge is 0.497 e. The summed E-state index contributed by atoms with van der Waals surface area (Å²) in [6.45, 7) is 1.73. The molecule has 1 N–H and O–H groups in total. The molecule has 0 unspecified atom stereocenters. The van der Waals surface area contributed by atoms with Crippen molar-refractivity contribution in [2.45, 2.75) is 6.92 Å². The summed E-state index contributed by atoms with van der Waals surface area (Å²) in [6.07, 6.45) is 0. The summed E-state index contributed by atoms with van der Waals surface area (Å²) in [5.41, 5.74) is 0.754. The smallest absolute Gasteiger partial charge is 0.320 e. The number of methoxy groups -OCH3 is 2. The quantitative estimate of drug-likeness (QED) is 0.875. The van der Waals surface area contributed by atoms with E-state index in [2.05, 4.69) is 15.5 Å². The lowest BCUT2D eigenvalue weighted by molar-refractivity contribution is 0.394. The highest BCUT2D eigenvalue weighted by Gasteiger charge is 2.05. The highest BCUT2D eigenvalue weighted by atomic mass is 16.5. The minimum atomic E-state index is 0.331. The first-order valence-corrected chi connectivity index (χ1v) is 5.01. The third-order valence-electron chi connectivity index (χ3n) is 2.13. The lowest BCUT2D eigenvalue weighted by Crippen LogP contribution is -1.93. The molecule has 2 rings (SSSR count).